The Hall–Kier alpha value is -0.880. The summed E-state index contributed by atoms with van der Waals surface area (Å²) in [5.74, 6) is 0. The van der Waals surface area contributed by atoms with Gasteiger partial charge in [-0.25, -0.2) is 8.42 Å². The van der Waals surface area contributed by atoms with E-state index in [2.05, 4.69) is 15.9 Å². The molecule has 3 nitrogen and oxygen atoms in total. The maximum Gasteiger partial charge on any atom is 0.243 e. The van der Waals surface area contributed by atoms with Crippen molar-refractivity contribution in [3.05, 3.63) is 63.6 Å². The Morgan fingerprint density at radius 2 is 1.80 bits per heavy atom. The van der Waals surface area contributed by atoms with Crippen LogP contribution < -0.4 is 0 Å². The maximum atomic E-state index is 12.4. The molecule has 6 heteroatoms. The summed E-state index contributed by atoms with van der Waals surface area (Å²) in [4.78, 5) is 0.236. The van der Waals surface area contributed by atoms with Crippen molar-refractivity contribution in [2.75, 3.05) is 7.05 Å². The normalized spacial score (nSPS) is 11.8. The van der Waals surface area contributed by atoms with Gasteiger partial charge in [0, 0.05) is 23.1 Å². The van der Waals surface area contributed by atoms with Crippen molar-refractivity contribution < 1.29 is 8.42 Å². The van der Waals surface area contributed by atoms with Crippen LogP contribution in [-0.4, -0.2) is 19.8 Å². The third kappa shape index (κ3) is 3.61. The van der Waals surface area contributed by atoms with Crippen molar-refractivity contribution in [2.45, 2.75) is 11.4 Å². The summed E-state index contributed by atoms with van der Waals surface area (Å²) in [6.07, 6.45) is 0. The molecule has 0 heterocycles. The van der Waals surface area contributed by atoms with Gasteiger partial charge in [-0.3, -0.25) is 0 Å². The van der Waals surface area contributed by atoms with Crippen LogP contribution in [0.5, 0.6) is 0 Å². The third-order valence-electron chi connectivity index (χ3n) is 2.82. The lowest BCUT2D eigenvalue weighted by molar-refractivity contribution is 0.466. The van der Waals surface area contributed by atoms with Crippen molar-refractivity contribution >= 4 is 37.6 Å². The van der Waals surface area contributed by atoms with Crippen molar-refractivity contribution in [2.24, 2.45) is 0 Å². The highest BCUT2D eigenvalue weighted by Gasteiger charge is 2.20. The highest BCUT2D eigenvalue weighted by molar-refractivity contribution is 9.10. The molecule has 0 aliphatic rings. The highest BCUT2D eigenvalue weighted by Crippen LogP contribution is 2.20. The molecule has 0 unspecified atom stereocenters. The number of rotatable bonds is 4. The average Bonchev–Trinajstić information content (AvgIpc) is 2.39. The summed E-state index contributed by atoms with van der Waals surface area (Å²) in [7, 11) is -1.95. The summed E-state index contributed by atoms with van der Waals surface area (Å²) in [6.45, 7) is 0.310. The van der Waals surface area contributed by atoms with Crippen LogP contribution in [0.25, 0.3) is 0 Å². The molecule has 0 aliphatic carbocycles. The molecule has 0 amide bonds. The molecule has 2 aromatic rings. The average molecular weight is 375 g/mol. The predicted octanol–water partition coefficient (Wildman–Crippen LogP) is 3.92. The van der Waals surface area contributed by atoms with Gasteiger partial charge in [0.2, 0.25) is 10.0 Å². The lowest BCUT2D eigenvalue weighted by Gasteiger charge is -2.17. The lowest BCUT2D eigenvalue weighted by Crippen LogP contribution is -2.26. The number of nitrogens with zero attached hydrogens (tertiary/aromatic N) is 1. The van der Waals surface area contributed by atoms with Crippen LogP contribution >= 0.6 is 27.5 Å². The number of benzene rings is 2. The van der Waals surface area contributed by atoms with Gasteiger partial charge in [-0.2, -0.15) is 4.31 Å². The number of hydrogen-bond acceptors (Lipinski definition) is 2. The third-order valence-corrected chi connectivity index (χ3v) is 5.38. The van der Waals surface area contributed by atoms with E-state index in [0.29, 0.717) is 11.6 Å². The molecule has 20 heavy (non-hydrogen) atoms. The Bertz CT molecular complexity index is 701. The van der Waals surface area contributed by atoms with E-state index in [9.17, 15) is 8.42 Å². The molecule has 2 aromatic carbocycles. The van der Waals surface area contributed by atoms with E-state index in [0.717, 1.165) is 10.0 Å². The van der Waals surface area contributed by atoms with Gasteiger partial charge < -0.3 is 0 Å². The Kier molecular flexibility index (Phi) is 4.86. The van der Waals surface area contributed by atoms with E-state index in [4.69, 9.17) is 11.6 Å². The summed E-state index contributed by atoms with van der Waals surface area (Å²) in [5.41, 5.74) is 0.916. The Morgan fingerprint density at radius 1 is 1.15 bits per heavy atom. The van der Waals surface area contributed by atoms with Crippen LogP contribution in [0.3, 0.4) is 0 Å². The van der Waals surface area contributed by atoms with Gasteiger partial charge >= 0.3 is 0 Å². The fourth-order valence-corrected chi connectivity index (χ4v) is 3.50. The zero-order valence-corrected chi connectivity index (χ0v) is 13.9. The summed E-state index contributed by atoms with van der Waals surface area (Å²) >= 11 is 9.15. The number of halogens is 2. The van der Waals surface area contributed by atoms with Gasteiger partial charge in [-0.05, 0) is 42.0 Å². The second-order valence-electron chi connectivity index (χ2n) is 4.34. The molecule has 106 valence electrons. The van der Waals surface area contributed by atoms with Gasteiger partial charge in [0.1, 0.15) is 0 Å². The van der Waals surface area contributed by atoms with E-state index in [1.54, 1.807) is 19.2 Å². The van der Waals surface area contributed by atoms with Gasteiger partial charge in [0.25, 0.3) is 0 Å². The Balaban J connectivity index is 2.23. The molecule has 0 saturated heterocycles. The van der Waals surface area contributed by atoms with E-state index < -0.39 is 10.0 Å². The van der Waals surface area contributed by atoms with Crippen LogP contribution in [0, 0.1) is 0 Å². The largest absolute Gasteiger partial charge is 0.243 e. The zero-order chi connectivity index (χ0) is 14.8. The number of sulfonamides is 1. The number of hydrogen-bond donors (Lipinski definition) is 0. The molecule has 0 aromatic heterocycles. The van der Waals surface area contributed by atoms with E-state index in [1.807, 2.05) is 24.3 Å². The molecule has 0 radical (unpaired) electrons. The van der Waals surface area contributed by atoms with Crippen LogP contribution in [0.1, 0.15) is 5.56 Å². The van der Waals surface area contributed by atoms with Crippen molar-refractivity contribution in [3.63, 3.8) is 0 Å². The first-order valence-corrected chi connectivity index (χ1v) is 8.47. The fraction of sp³-hybridized carbons (Fsp3) is 0.143. The summed E-state index contributed by atoms with van der Waals surface area (Å²) in [6, 6.07) is 13.7. The quantitative estimate of drug-likeness (QED) is 0.813. The van der Waals surface area contributed by atoms with Crippen molar-refractivity contribution in [3.8, 4) is 0 Å². The topological polar surface area (TPSA) is 37.4 Å². The van der Waals surface area contributed by atoms with Gasteiger partial charge in [-0.15, -0.1) is 0 Å². The smallest absolute Gasteiger partial charge is 0.207 e. The first-order valence-electron chi connectivity index (χ1n) is 5.86. The van der Waals surface area contributed by atoms with Gasteiger partial charge in [-0.1, -0.05) is 39.7 Å². The Labute approximate surface area is 132 Å². The lowest BCUT2D eigenvalue weighted by atomic mass is 10.2. The minimum absolute atomic E-state index is 0.236. The molecule has 0 N–H and O–H groups in total. The first-order chi connectivity index (χ1) is 9.39. The molecule has 2 rings (SSSR count). The highest BCUT2D eigenvalue weighted by atomic mass is 79.9. The standard InChI is InChI=1S/C14H13BrClNO2S/c1-17(10-11-3-2-4-12(15)9-11)20(18,19)14-7-5-13(16)6-8-14/h2-9H,10H2,1H3. The molecule has 0 bridgehead atoms. The summed E-state index contributed by atoms with van der Waals surface area (Å²) in [5, 5.41) is 0.513. The molecule has 0 atom stereocenters. The maximum absolute atomic E-state index is 12.4. The monoisotopic (exact) mass is 373 g/mol. The first kappa shape index (κ1) is 15.5. The minimum atomic E-state index is -3.51. The SMILES string of the molecule is CN(Cc1cccc(Br)c1)S(=O)(=O)c1ccc(Cl)cc1. The van der Waals surface area contributed by atoms with Crippen LogP contribution in [0.15, 0.2) is 57.9 Å². The van der Waals surface area contributed by atoms with E-state index >= 15 is 0 Å². The Morgan fingerprint density at radius 3 is 2.40 bits per heavy atom. The molecule has 0 aliphatic heterocycles. The van der Waals surface area contributed by atoms with Gasteiger partial charge in [0.05, 0.1) is 4.90 Å². The minimum Gasteiger partial charge on any atom is -0.207 e. The molecule has 0 saturated carbocycles. The van der Waals surface area contributed by atoms with Crippen LogP contribution in [0.4, 0.5) is 0 Å². The van der Waals surface area contributed by atoms with Gasteiger partial charge in [0.15, 0.2) is 0 Å². The fourth-order valence-electron chi connectivity index (χ4n) is 1.76. The second-order valence-corrected chi connectivity index (χ2v) is 7.74. The molecule has 0 spiro atoms. The molecular weight excluding hydrogens is 362 g/mol. The zero-order valence-electron chi connectivity index (χ0n) is 10.8. The van der Waals surface area contributed by atoms with Crippen molar-refractivity contribution in [1.82, 2.24) is 4.31 Å². The van der Waals surface area contributed by atoms with Crippen LogP contribution in [0.2, 0.25) is 5.02 Å². The molecule has 0 fully saturated rings. The van der Waals surface area contributed by atoms with Crippen LogP contribution in [-0.2, 0) is 16.6 Å². The van der Waals surface area contributed by atoms with E-state index in [1.165, 1.54) is 16.4 Å². The summed E-state index contributed by atoms with van der Waals surface area (Å²) < 4.78 is 27.0. The van der Waals surface area contributed by atoms with E-state index in [-0.39, 0.29) is 4.90 Å². The predicted molar refractivity (Wildman–Crippen MR) is 84.2 cm³/mol. The second kappa shape index (κ2) is 6.26. The molecular formula is C14H13BrClNO2S. The van der Waals surface area contributed by atoms with Crippen molar-refractivity contribution in [1.29, 1.82) is 0 Å².